The van der Waals surface area contributed by atoms with Crippen molar-refractivity contribution in [3.63, 3.8) is 0 Å². The van der Waals surface area contributed by atoms with Crippen molar-refractivity contribution in [2.75, 3.05) is 5.32 Å². The van der Waals surface area contributed by atoms with Gasteiger partial charge in [0.15, 0.2) is 0 Å². The van der Waals surface area contributed by atoms with Gasteiger partial charge in [0, 0.05) is 11.7 Å². The van der Waals surface area contributed by atoms with Crippen molar-refractivity contribution >= 4 is 11.7 Å². The highest BCUT2D eigenvalue weighted by Crippen LogP contribution is 2.23. The largest absolute Gasteiger partial charge is 0.478 e. The molecule has 0 saturated carbocycles. The number of anilines is 1. The van der Waals surface area contributed by atoms with Crippen molar-refractivity contribution in [2.24, 2.45) is 0 Å². The average molecular weight is 259 g/mol. The van der Waals surface area contributed by atoms with Gasteiger partial charge in [-0.25, -0.2) is 9.18 Å². The summed E-state index contributed by atoms with van der Waals surface area (Å²) in [4.78, 5) is 11.1. The van der Waals surface area contributed by atoms with Crippen molar-refractivity contribution in [1.82, 2.24) is 0 Å². The number of hydrogen-bond acceptors (Lipinski definition) is 2. The Hall–Kier alpha value is -2.36. The summed E-state index contributed by atoms with van der Waals surface area (Å²) in [6.07, 6.45) is 0. The number of rotatable bonds is 4. The molecule has 0 aliphatic heterocycles. The van der Waals surface area contributed by atoms with Crippen LogP contribution >= 0.6 is 0 Å². The smallest absolute Gasteiger partial charge is 0.337 e. The van der Waals surface area contributed by atoms with E-state index in [1.807, 2.05) is 37.3 Å². The lowest BCUT2D eigenvalue weighted by molar-refractivity contribution is 0.0697. The van der Waals surface area contributed by atoms with Crippen LogP contribution in [0, 0.1) is 5.82 Å². The molecule has 1 unspecified atom stereocenters. The lowest BCUT2D eigenvalue weighted by Gasteiger charge is -2.17. The molecule has 2 N–H and O–H groups in total. The van der Waals surface area contributed by atoms with E-state index in [-0.39, 0.29) is 11.6 Å². The van der Waals surface area contributed by atoms with Gasteiger partial charge in [0.1, 0.15) is 5.82 Å². The Labute approximate surface area is 110 Å². The summed E-state index contributed by atoms with van der Waals surface area (Å²) in [5.74, 6) is -1.71. The van der Waals surface area contributed by atoms with E-state index in [4.69, 9.17) is 5.11 Å². The maximum Gasteiger partial charge on any atom is 0.337 e. The molecule has 0 heterocycles. The third-order valence-corrected chi connectivity index (χ3v) is 2.88. The zero-order valence-electron chi connectivity index (χ0n) is 10.4. The van der Waals surface area contributed by atoms with E-state index in [0.717, 1.165) is 11.6 Å². The van der Waals surface area contributed by atoms with Crippen molar-refractivity contribution in [2.45, 2.75) is 13.0 Å². The first-order valence-electron chi connectivity index (χ1n) is 5.92. The van der Waals surface area contributed by atoms with Gasteiger partial charge in [0.2, 0.25) is 0 Å². The quantitative estimate of drug-likeness (QED) is 0.880. The minimum absolute atomic E-state index is 0.0650. The molecule has 2 aromatic rings. The number of halogens is 1. The monoisotopic (exact) mass is 259 g/mol. The standard InChI is InChI=1S/C15H14FNO2/c1-10(11-5-3-2-4-6-11)17-14-8-7-12(16)9-13(14)15(18)19/h2-10,17H,1H3,(H,18,19). The molecule has 0 spiro atoms. The number of benzene rings is 2. The molecule has 0 radical (unpaired) electrons. The Kier molecular flexibility index (Phi) is 3.80. The molecule has 3 nitrogen and oxygen atoms in total. The van der Waals surface area contributed by atoms with Crippen LogP contribution in [0.25, 0.3) is 0 Å². The minimum Gasteiger partial charge on any atom is -0.478 e. The fraction of sp³-hybridized carbons (Fsp3) is 0.133. The van der Waals surface area contributed by atoms with E-state index in [1.165, 1.54) is 12.1 Å². The second-order valence-electron chi connectivity index (χ2n) is 4.27. The van der Waals surface area contributed by atoms with Crippen LogP contribution in [0.4, 0.5) is 10.1 Å². The molecular weight excluding hydrogens is 245 g/mol. The molecule has 0 bridgehead atoms. The SMILES string of the molecule is CC(Nc1ccc(F)cc1C(=O)O)c1ccccc1. The predicted molar refractivity (Wildman–Crippen MR) is 71.8 cm³/mol. The Balaban J connectivity index is 2.26. The number of carboxylic acid groups (broad SMARTS) is 1. The highest BCUT2D eigenvalue weighted by molar-refractivity contribution is 5.94. The van der Waals surface area contributed by atoms with E-state index in [0.29, 0.717) is 5.69 Å². The molecule has 2 rings (SSSR count). The summed E-state index contributed by atoms with van der Waals surface area (Å²) in [7, 11) is 0. The van der Waals surface area contributed by atoms with Gasteiger partial charge < -0.3 is 10.4 Å². The van der Waals surface area contributed by atoms with E-state index in [2.05, 4.69) is 5.32 Å². The molecule has 98 valence electrons. The number of carboxylic acids is 1. The molecule has 0 aliphatic carbocycles. The molecule has 0 fully saturated rings. The Morgan fingerprint density at radius 3 is 2.53 bits per heavy atom. The fourth-order valence-corrected chi connectivity index (χ4v) is 1.88. The lowest BCUT2D eigenvalue weighted by Crippen LogP contribution is -2.11. The van der Waals surface area contributed by atoms with Gasteiger partial charge >= 0.3 is 5.97 Å². The molecular formula is C15H14FNO2. The van der Waals surface area contributed by atoms with Crippen molar-refractivity contribution < 1.29 is 14.3 Å². The Bertz CT molecular complexity index is 584. The maximum absolute atomic E-state index is 13.1. The summed E-state index contributed by atoms with van der Waals surface area (Å²) in [6.45, 7) is 1.92. The highest BCUT2D eigenvalue weighted by atomic mass is 19.1. The Morgan fingerprint density at radius 1 is 1.21 bits per heavy atom. The predicted octanol–water partition coefficient (Wildman–Crippen LogP) is 3.70. The third kappa shape index (κ3) is 3.10. The van der Waals surface area contributed by atoms with Crippen molar-refractivity contribution in [3.8, 4) is 0 Å². The van der Waals surface area contributed by atoms with Gasteiger partial charge in [-0.15, -0.1) is 0 Å². The van der Waals surface area contributed by atoms with Crippen molar-refractivity contribution in [3.05, 3.63) is 65.5 Å². The molecule has 19 heavy (non-hydrogen) atoms. The lowest BCUT2D eigenvalue weighted by atomic mass is 10.1. The summed E-state index contributed by atoms with van der Waals surface area (Å²) in [5, 5.41) is 12.2. The summed E-state index contributed by atoms with van der Waals surface area (Å²) in [5.41, 5.74) is 1.37. The van der Waals surface area contributed by atoms with Gasteiger partial charge in [-0.1, -0.05) is 30.3 Å². The van der Waals surface area contributed by atoms with Crippen LogP contribution in [0.1, 0.15) is 28.9 Å². The van der Waals surface area contributed by atoms with Crippen LogP contribution in [0.3, 0.4) is 0 Å². The molecule has 1 atom stereocenters. The van der Waals surface area contributed by atoms with Crippen LogP contribution < -0.4 is 5.32 Å². The number of nitrogens with one attached hydrogen (secondary N) is 1. The minimum atomic E-state index is -1.15. The van der Waals surface area contributed by atoms with Crippen LogP contribution in [0.15, 0.2) is 48.5 Å². The zero-order chi connectivity index (χ0) is 13.8. The molecule has 2 aromatic carbocycles. The maximum atomic E-state index is 13.1. The second kappa shape index (κ2) is 5.52. The van der Waals surface area contributed by atoms with E-state index in [9.17, 15) is 9.18 Å². The topological polar surface area (TPSA) is 49.3 Å². The van der Waals surface area contributed by atoms with Gasteiger partial charge in [-0.2, -0.15) is 0 Å². The van der Waals surface area contributed by atoms with Crippen molar-refractivity contribution in [1.29, 1.82) is 0 Å². The zero-order valence-corrected chi connectivity index (χ0v) is 10.4. The normalized spacial score (nSPS) is 11.9. The molecule has 0 aliphatic rings. The number of aromatic carboxylic acids is 1. The molecule has 0 aromatic heterocycles. The number of hydrogen-bond donors (Lipinski definition) is 2. The summed E-state index contributed by atoms with van der Waals surface area (Å²) >= 11 is 0. The van der Waals surface area contributed by atoms with Crippen LogP contribution in [0.2, 0.25) is 0 Å². The first kappa shape index (κ1) is 13.1. The van der Waals surface area contributed by atoms with E-state index < -0.39 is 11.8 Å². The van der Waals surface area contributed by atoms with Crippen LogP contribution in [0.5, 0.6) is 0 Å². The molecule has 0 saturated heterocycles. The average Bonchev–Trinajstić information content (AvgIpc) is 2.41. The number of carbonyl (C=O) groups is 1. The summed E-state index contributed by atoms with van der Waals surface area (Å²) in [6, 6.07) is 13.3. The van der Waals surface area contributed by atoms with Gasteiger partial charge in [-0.05, 0) is 30.7 Å². The third-order valence-electron chi connectivity index (χ3n) is 2.88. The van der Waals surface area contributed by atoms with Crippen LogP contribution in [-0.2, 0) is 0 Å². The second-order valence-corrected chi connectivity index (χ2v) is 4.27. The van der Waals surface area contributed by atoms with Crippen LogP contribution in [-0.4, -0.2) is 11.1 Å². The van der Waals surface area contributed by atoms with Gasteiger partial charge in [-0.3, -0.25) is 0 Å². The highest BCUT2D eigenvalue weighted by Gasteiger charge is 2.13. The Morgan fingerprint density at radius 2 is 1.89 bits per heavy atom. The van der Waals surface area contributed by atoms with Gasteiger partial charge in [0.25, 0.3) is 0 Å². The molecule has 0 amide bonds. The van der Waals surface area contributed by atoms with E-state index in [1.54, 1.807) is 0 Å². The summed E-state index contributed by atoms with van der Waals surface area (Å²) < 4.78 is 13.1. The molecule has 4 heteroatoms. The van der Waals surface area contributed by atoms with Gasteiger partial charge in [0.05, 0.1) is 5.56 Å². The first-order valence-corrected chi connectivity index (χ1v) is 5.92. The fourth-order valence-electron chi connectivity index (χ4n) is 1.88. The first-order chi connectivity index (χ1) is 9.08. The van der Waals surface area contributed by atoms with E-state index >= 15 is 0 Å².